The number of imidazole rings is 1. The van der Waals surface area contributed by atoms with Gasteiger partial charge >= 0.3 is 0 Å². The summed E-state index contributed by atoms with van der Waals surface area (Å²) in [6, 6.07) is 63.1. The molecule has 1 atom stereocenters. The van der Waals surface area contributed by atoms with Crippen molar-refractivity contribution in [2.45, 2.75) is 25.7 Å². The molecule has 0 aliphatic heterocycles. The molecule has 4 nitrogen and oxygen atoms in total. The average molecular weight is 773 g/mol. The van der Waals surface area contributed by atoms with Crippen LogP contribution in [-0.4, -0.2) is 14.5 Å². The van der Waals surface area contributed by atoms with E-state index in [0.717, 1.165) is 74.5 Å². The Morgan fingerprint density at radius 2 is 1.23 bits per heavy atom. The number of anilines is 3. The lowest BCUT2D eigenvalue weighted by atomic mass is 9.85. The Hall–Kier alpha value is -7.56. The minimum atomic E-state index is 0.353. The van der Waals surface area contributed by atoms with Gasteiger partial charge in [0.25, 0.3) is 0 Å². The monoisotopic (exact) mass is 772 g/mol. The number of pyridine rings is 1. The Morgan fingerprint density at radius 1 is 0.633 bits per heavy atom. The van der Waals surface area contributed by atoms with Gasteiger partial charge in [0, 0.05) is 52.0 Å². The largest absolute Gasteiger partial charge is 0.311 e. The van der Waals surface area contributed by atoms with Crippen LogP contribution in [0.4, 0.5) is 17.1 Å². The summed E-state index contributed by atoms with van der Waals surface area (Å²) in [6.45, 7) is 6.26. The molecule has 0 N–H and O–H groups in total. The highest BCUT2D eigenvalue weighted by Crippen LogP contribution is 2.39. The smallest absolute Gasteiger partial charge is 0.145 e. The molecule has 2 aromatic heterocycles. The predicted molar refractivity (Wildman–Crippen MR) is 251 cm³/mol. The molecule has 1 aliphatic rings. The SMILES string of the molecule is C=CC1=CCC(c2ccc(N(c3ccc(-c4ccc(-c5nc6ccccc6n5-c5ccccc5)cc4)cc3)c3ccc(-c4ccc5ccncc5c4)cc3)cc2)C=C1CC. The van der Waals surface area contributed by atoms with Crippen molar-refractivity contribution < 1.29 is 0 Å². The molecular formula is C56H44N4. The van der Waals surface area contributed by atoms with E-state index in [2.05, 4.69) is 204 Å². The second-order valence-corrected chi connectivity index (χ2v) is 15.4. The normalized spacial score (nSPS) is 13.8. The van der Waals surface area contributed by atoms with Gasteiger partial charge in [-0.15, -0.1) is 0 Å². The molecule has 9 aromatic rings. The van der Waals surface area contributed by atoms with Crippen LogP contribution in [0.2, 0.25) is 0 Å². The molecule has 1 aliphatic carbocycles. The highest BCUT2D eigenvalue weighted by molar-refractivity contribution is 5.88. The zero-order valence-corrected chi connectivity index (χ0v) is 33.6. The number of fused-ring (bicyclic) bond motifs is 2. The van der Waals surface area contributed by atoms with Crippen molar-refractivity contribution in [3.63, 3.8) is 0 Å². The van der Waals surface area contributed by atoms with Gasteiger partial charge in [0.15, 0.2) is 0 Å². The molecule has 0 saturated heterocycles. The minimum Gasteiger partial charge on any atom is -0.311 e. The van der Waals surface area contributed by atoms with Gasteiger partial charge in [0.05, 0.1) is 11.0 Å². The summed E-state index contributed by atoms with van der Waals surface area (Å²) in [5.41, 5.74) is 16.1. The van der Waals surface area contributed by atoms with Gasteiger partial charge < -0.3 is 4.90 Å². The molecule has 1 unspecified atom stereocenters. The molecule has 7 aromatic carbocycles. The lowest BCUT2D eigenvalue weighted by molar-refractivity contribution is 0.825. The Labute approximate surface area is 351 Å². The van der Waals surface area contributed by atoms with E-state index in [1.54, 1.807) is 0 Å². The van der Waals surface area contributed by atoms with E-state index in [9.17, 15) is 0 Å². The van der Waals surface area contributed by atoms with Crippen LogP contribution >= 0.6 is 0 Å². The maximum absolute atomic E-state index is 5.08. The number of hydrogen-bond acceptors (Lipinski definition) is 3. The van der Waals surface area contributed by atoms with Crippen molar-refractivity contribution in [1.29, 1.82) is 0 Å². The molecule has 2 heterocycles. The van der Waals surface area contributed by atoms with Gasteiger partial charge in [0.1, 0.15) is 5.82 Å². The first-order valence-electron chi connectivity index (χ1n) is 20.8. The molecule has 0 bridgehead atoms. The number of aromatic nitrogens is 3. The molecule has 4 heteroatoms. The van der Waals surface area contributed by atoms with Crippen molar-refractivity contribution in [1.82, 2.24) is 14.5 Å². The van der Waals surface area contributed by atoms with Gasteiger partial charge in [-0.3, -0.25) is 9.55 Å². The molecule has 0 amide bonds. The molecule has 0 saturated carbocycles. The lowest BCUT2D eigenvalue weighted by Gasteiger charge is -2.27. The summed E-state index contributed by atoms with van der Waals surface area (Å²) in [5.74, 6) is 1.28. The second-order valence-electron chi connectivity index (χ2n) is 15.4. The Kier molecular flexibility index (Phi) is 9.80. The highest BCUT2D eigenvalue weighted by Gasteiger charge is 2.19. The van der Waals surface area contributed by atoms with Crippen molar-refractivity contribution >= 4 is 38.9 Å². The summed E-state index contributed by atoms with van der Waals surface area (Å²) in [5, 5.41) is 2.33. The first-order valence-corrected chi connectivity index (χ1v) is 20.8. The van der Waals surface area contributed by atoms with Gasteiger partial charge in [-0.1, -0.05) is 135 Å². The topological polar surface area (TPSA) is 34.0 Å². The summed E-state index contributed by atoms with van der Waals surface area (Å²) in [6.07, 6.45) is 12.5. The third-order valence-corrected chi connectivity index (χ3v) is 11.8. The third kappa shape index (κ3) is 7.03. The van der Waals surface area contributed by atoms with Crippen LogP contribution in [-0.2, 0) is 0 Å². The van der Waals surface area contributed by atoms with Crippen molar-refractivity contribution in [2.75, 3.05) is 4.90 Å². The second kappa shape index (κ2) is 16.0. The van der Waals surface area contributed by atoms with E-state index >= 15 is 0 Å². The Morgan fingerprint density at radius 3 is 1.92 bits per heavy atom. The minimum absolute atomic E-state index is 0.353. The number of benzene rings is 7. The Bertz CT molecular complexity index is 3030. The highest BCUT2D eigenvalue weighted by atomic mass is 15.1. The maximum atomic E-state index is 5.08. The predicted octanol–water partition coefficient (Wildman–Crippen LogP) is 15.0. The fraction of sp³-hybridized carbons (Fsp3) is 0.0714. The lowest BCUT2D eigenvalue weighted by Crippen LogP contribution is -2.10. The van der Waals surface area contributed by atoms with Crippen LogP contribution in [0.3, 0.4) is 0 Å². The van der Waals surface area contributed by atoms with Crippen LogP contribution in [0.5, 0.6) is 0 Å². The zero-order valence-electron chi connectivity index (χ0n) is 33.6. The van der Waals surface area contributed by atoms with Crippen molar-refractivity contribution in [3.8, 4) is 39.3 Å². The molecule has 0 spiro atoms. The van der Waals surface area contributed by atoms with E-state index in [0.29, 0.717) is 5.92 Å². The van der Waals surface area contributed by atoms with Gasteiger partial charge in [0.2, 0.25) is 0 Å². The zero-order chi connectivity index (χ0) is 40.4. The van der Waals surface area contributed by atoms with Crippen LogP contribution in [0.1, 0.15) is 31.2 Å². The van der Waals surface area contributed by atoms with Crippen LogP contribution in [0.15, 0.2) is 224 Å². The van der Waals surface area contributed by atoms with Crippen molar-refractivity contribution in [2.24, 2.45) is 0 Å². The number of para-hydroxylation sites is 3. The molecule has 10 rings (SSSR count). The van der Waals surface area contributed by atoms with Crippen LogP contribution in [0, 0.1) is 0 Å². The fourth-order valence-electron chi connectivity index (χ4n) is 8.62. The van der Waals surface area contributed by atoms with Crippen LogP contribution in [0.25, 0.3) is 61.1 Å². The number of nitrogens with zero attached hydrogens (tertiary/aromatic N) is 4. The Balaban J connectivity index is 0.972. The van der Waals surface area contributed by atoms with E-state index in [4.69, 9.17) is 4.98 Å². The summed E-state index contributed by atoms with van der Waals surface area (Å²) < 4.78 is 2.25. The summed E-state index contributed by atoms with van der Waals surface area (Å²) >= 11 is 0. The molecule has 0 fully saturated rings. The maximum Gasteiger partial charge on any atom is 0.145 e. The number of hydrogen-bond donors (Lipinski definition) is 0. The third-order valence-electron chi connectivity index (χ3n) is 11.8. The standard InChI is InChI=1S/C56H44N4/c1-3-39-14-20-47(36-40(39)4-2)43-24-30-52(31-25-43)59(53-32-26-44(27-33-53)48-21-17-45-34-35-57-38-49(45)37-48)51-28-22-42(23-29-51)41-15-18-46(19-16-41)56-58-54-12-8-9-13-55(54)60(56)50-10-6-5-7-11-50/h3,5-19,21-38,47H,1,4,20H2,2H3. The van der Waals surface area contributed by atoms with E-state index in [1.165, 1.54) is 33.2 Å². The molecule has 60 heavy (non-hydrogen) atoms. The quantitative estimate of drug-likeness (QED) is 0.139. The molecule has 288 valence electrons. The van der Waals surface area contributed by atoms with Gasteiger partial charge in [-0.2, -0.15) is 0 Å². The first-order chi connectivity index (χ1) is 29.6. The first kappa shape index (κ1) is 36.8. The molecular weight excluding hydrogens is 729 g/mol. The van der Waals surface area contributed by atoms with Gasteiger partial charge in [-0.25, -0.2) is 4.98 Å². The fourth-order valence-corrected chi connectivity index (χ4v) is 8.62. The van der Waals surface area contributed by atoms with E-state index in [-0.39, 0.29) is 0 Å². The van der Waals surface area contributed by atoms with Crippen molar-refractivity contribution in [3.05, 3.63) is 230 Å². The number of rotatable bonds is 10. The van der Waals surface area contributed by atoms with Gasteiger partial charge in [-0.05, 0) is 130 Å². The van der Waals surface area contributed by atoms with Crippen LogP contribution < -0.4 is 4.90 Å². The molecule has 0 radical (unpaired) electrons. The summed E-state index contributed by atoms with van der Waals surface area (Å²) in [7, 11) is 0. The number of allylic oxidation sites excluding steroid dienone is 5. The summed E-state index contributed by atoms with van der Waals surface area (Å²) in [4.78, 5) is 11.8. The van der Waals surface area contributed by atoms with E-state index < -0.39 is 0 Å². The van der Waals surface area contributed by atoms with E-state index in [1.807, 2.05) is 30.6 Å². The average Bonchev–Trinajstić information content (AvgIpc) is 3.72.